The number of aromatic nitrogens is 1. The highest BCUT2D eigenvalue weighted by Gasteiger charge is 2.08. The van der Waals surface area contributed by atoms with Crippen molar-refractivity contribution in [1.82, 2.24) is 4.98 Å². The minimum Gasteiger partial charge on any atom is -0.497 e. The van der Waals surface area contributed by atoms with Crippen molar-refractivity contribution in [3.63, 3.8) is 0 Å². The Balaban J connectivity index is 2.59. The fourth-order valence-corrected chi connectivity index (χ4v) is 1.67. The van der Waals surface area contributed by atoms with E-state index >= 15 is 0 Å². The second kappa shape index (κ2) is 4.49. The molecule has 2 aromatic rings. The Kier molecular flexibility index (Phi) is 3.04. The van der Waals surface area contributed by atoms with Gasteiger partial charge in [-0.05, 0) is 26.0 Å². The predicted octanol–water partition coefficient (Wildman–Crippen LogP) is 2.61. The summed E-state index contributed by atoms with van der Waals surface area (Å²) in [6, 6.07) is 7.40. The van der Waals surface area contributed by atoms with Crippen LogP contribution in [-0.2, 0) is 0 Å². The van der Waals surface area contributed by atoms with E-state index in [0.717, 1.165) is 22.4 Å². The van der Waals surface area contributed by atoms with Crippen LogP contribution in [0.4, 0.5) is 5.82 Å². The maximum atomic E-state index is 5.76. The number of hydrogen-bond acceptors (Lipinski definition) is 4. The molecule has 0 fully saturated rings. The second-order valence-corrected chi connectivity index (χ2v) is 4.09. The van der Waals surface area contributed by atoms with Crippen LogP contribution in [0.2, 0.25) is 0 Å². The van der Waals surface area contributed by atoms with Crippen molar-refractivity contribution in [2.24, 2.45) is 0 Å². The minimum absolute atomic E-state index is 0.0992. The van der Waals surface area contributed by atoms with Crippen molar-refractivity contribution in [2.75, 3.05) is 12.8 Å². The second-order valence-electron chi connectivity index (χ2n) is 4.09. The molecule has 1 heterocycles. The summed E-state index contributed by atoms with van der Waals surface area (Å²) in [7, 11) is 1.62. The number of ether oxygens (including phenoxy) is 2. The molecule has 0 aliphatic carbocycles. The van der Waals surface area contributed by atoms with Gasteiger partial charge >= 0.3 is 0 Å². The van der Waals surface area contributed by atoms with Crippen LogP contribution in [0.25, 0.3) is 10.9 Å². The van der Waals surface area contributed by atoms with Gasteiger partial charge in [0.25, 0.3) is 0 Å². The Bertz CT molecular complexity index is 538. The van der Waals surface area contributed by atoms with E-state index in [2.05, 4.69) is 4.98 Å². The zero-order valence-corrected chi connectivity index (χ0v) is 10.2. The first-order valence-electron chi connectivity index (χ1n) is 5.51. The molecule has 2 rings (SSSR count). The van der Waals surface area contributed by atoms with Gasteiger partial charge in [0.15, 0.2) is 0 Å². The van der Waals surface area contributed by atoms with E-state index in [1.807, 2.05) is 32.0 Å². The number of pyridine rings is 1. The number of nitrogen functional groups attached to an aromatic ring is 1. The Hall–Kier alpha value is -1.97. The molecule has 0 saturated heterocycles. The SMILES string of the molecule is COc1ccc2c(OC(C)C)cc(N)nc2c1. The number of benzene rings is 1. The normalized spacial score (nSPS) is 10.8. The van der Waals surface area contributed by atoms with E-state index in [-0.39, 0.29) is 6.10 Å². The lowest BCUT2D eigenvalue weighted by Crippen LogP contribution is -2.07. The largest absolute Gasteiger partial charge is 0.497 e. The zero-order chi connectivity index (χ0) is 12.4. The molecule has 0 atom stereocenters. The van der Waals surface area contributed by atoms with Gasteiger partial charge in [-0.3, -0.25) is 0 Å². The molecule has 0 spiro atoms. The molecule has 0 radical (unpaired) electrons. The van der Waals surface area contributed by atoms with Crippen LogP contribution in [0.1, 0.15) is 13.8 Å². The van der Waals surface area contributed by atoms with E-state index in [9.17, 15) is 0 Å². The van der Waals surface area contributed by atoms with E-state index in [1.165, 1.54) is 0 Å². The summed E-state index contributed by atoms with van der Waals surface area (Å²) >= 11 is 0. The molecule has 0 unspecified atom stereocenters. The summed E-state index contributed by atoms with van der Waals surface area (Å²) in [6.07, 6.45) is 0.0992. The van der Waals surface area contributed by atoms with Crippen molar-refractivity contribution in [1.29, 1.82) is 0 Å². The van der Waals surface area contributed by atoms with Gasteiger partial charge in [-0.1, -0.05) is 0 Å². The third-order valence-corrected chi connectivity index (χ3v) is 2.36. The number of anilines is 1. The van der Waals surface area contributed by atoms with E-state index in [4.69, 9.17) is 15.2 Å². The molecule has 2 N–H and O–H groups in total. The molecule has 17 heavy (non-hydrogen) atoms. The molecule has 90 valence electrons. The van der Waals surface area contributed by atoms with Crippen molar-refractivity contribution < 1.29 is 9.47 Å². The molecule has 4 nitrogen and oxygen atoms in total. The Morgan fingerprint density at radius 2 is 2.00 bits per heavy atom. The Morgan fingerprint density at radius 3 is 2.65 bits per heavy atom. The standard InChI is InChI=1S/C13H16N2O2/c1-8(2)17-12-7-13(14)15-11-6-9(16-3)4-5-10(11)12/h4-8H,1-3H3,(H2,14,15). The van der Waals surface area contributed by atoms with Crippen LogP contribution < -0.4 is 15.2 Å². The van der Waals surface area contributed by atoms with Crippen molar-refractivity contribution in [3.8, 4) is 11.5 Å². The van der Waals surface area contributed by atoms with Gasteiger partial charge in [-0.15, -0.1) is 0 Å². The Labute approximate surface area is 100 Å². The number of nitrogens with two attached hydrogens (primary N) is 1. The van der Waals surface area contributed by atoms with Gasteiger partial charge < -0.3 is 15.2 Å². The number of fused-ring (bicyclic) bond motifs is 1. The molecule has 0 aliphatic rings. The highest BCUT2D eigenvalue weighted by molar-refractivity contribution is 5.87. The van der Waals surface area contributed by atoms with E-state index in [1.54, 1.807) is 13.2 Å². The first-order chi connectivity index (χ1) is 8.10. The smallest absolute Gasteiger partial charge is 0.132 e. The van der Waals surface area contributed by atoms with Crippen LogP contribution in [0.3, 0.4) is 0 Å². The van der Waals surface area contributed by atoms with Crippen molar-refractivity contribution >= 4 is 16.7 Å². The fourth-order valence-electron chi connectivity index (χ4n) is 1.67. The lowest BCUT2D eigenvalue weighted by molar-refractivity contribution is 0.245. The first kappa shape index (κ1) is 11.5. The quantitative estimate of drug-likeness (QED) is 0.883. The van der Waals surface area contributed by atoms with Crippen LogP contribution in [0.15, 0.2) is 24.3 Å². The van der Waals surface area contributed by atoms with Gasteiger partial charge in [0, 0.05) is 17.5 Å². The topological polar surface area (TPSA) is 57.4 Å². The first-order valence-corrected chi connectivity index (χ1v) is 5.51. The van der Waals surface area contributed by atoms with Gasteiger partial charge in [-0.25, -0.2) is 4.98 Å². The molecule has 1 aromatic carbocycles. The fraction of sp³-hybridized carbons (Fsp3) is 0.308. The van der Waals surface area contributed by atoms with Crippen LogP contribution in [0, 0.1) is 0 Å². The molecule has 1 aromatic heterocycles. The highest BCUT2D eigenvalue weighted by Crippen LogP contribution is 2.29. The summed E-state index contributed by atoms with van der Waals surface area (Å²) in [5.41, 5.74) is 6.54. The average Bonchev–Trinajstić information content (AvgIpc) is 2.27. The van der Waals surface area contributed by atoms with Gasteiger partial charge in [0.2, 0.25) is 0 Å². The summed E-state index contributed by atoms with van der Waals surface area (Å²) < 4.78 is 10.9. The van der Waals surface area contributed by atoms with Gasteiger partial charge in [-0.2, -0.15) is 0 Å². The number of nitrogens with zero attached hydrogens (tertiary/aromatic N) is 1. The third kappa shape index (κ3) is 2.41. The third-order valence-electron chi connectivity index (χ3n) is 2.36. The average molecular weight is 232 g/mol. The van der Waals surface area contributed by atoms with E-state index < -0.39 is 0 Å². The summed E-state index contributed by atoms with van der Waals surface area (Å²) in [4.78, 5) is 4.27. The van der Waals surface area contributed by atoms with Crippen molar-refractivity contribution in [3.05, 3.63) is 24.3 Å². The lowest BCUT2D eigenvalue weighted by atomic mass is 10.2. The number of rotatable bonds is 3. The Morgan fingerprint density at radius 1 is 1.24 bits per heavy atom. The van der Waals surface area contributed by atoms with Crippen LogP contribution in [0.5, 0.6) is 11.5 Å². The maximum Gasteiger partial charge on any atom is 0.132 e. The molecule has 0 saturated carbocycles. The minimum atomic E-state index is 0.0992. The molecule has 0 bridgehead atoms. The predicted molar refractivity (Wildman–Crippen MR) is 68.5 cm³/mol. The molecule has 4 heteroatoms. The highest BCUT2D eigenvalue weighted by atomic mass is 16.5. The van der Waals surface area contributed by atoms with Gasteiger partial charge in [0.1, 0.15) is 17.3 Å². The van der Waals surface area contributed by atoms with Crippen molar-refractivity contribution in [2.45, 2.75) is 20.0 Å². The van der Waals surface area contributed by atoms with Crippen LogP contribution in [-0.4, -0.2) is 18.2 Å². The lowest BCUT2D eigenvalue weighted by Gasteiger charge is -2.13. The molecular formula is C13H16N2O2. The van der Waals surface area contributed by atoms with Gasteiger partial charge in [0.05, 0.1) is 18.7 Å². The molecular weight excluding hydrogens is 216 g/mol. The number of methoxy groups -OCH3 is 1. The summed E-state index contributed by atoms with van der Waals surface area (Å²) in [5, 5.41) is 0.939. The monoisotopic (exact) mass is 232 g/mol. The zero-order valence-electron chi connectivity index (χ0n) is 10.2. The molecule has 0 amide bonds. The van der Waals surface area contributed by atoms with Crippen LogP contribution >= 0.6 is 0 Å². The van der Waals surface area contributed by atoms with E-state index in [0.29, 0.717) is 5.82 Å². The molecule has 0 aliphatic heterocycles. The maximum absolute atomic E-state index is 5.76. The number of hydrogen-bond donors (Lipinski definition) is 1. The summed E-state index contributed by atoms with van der Waals surface area (Å²) in [5.74, 6) is 1.96. The summed E-state index contributed by atoms with van der Waals surface area (Å²) in [6.45, 7) is 3.96.